The second kappa shape index (κ2) is 11.8. The van der Waals surface area contributed by atoms with Crippen LogP contribution in [0.4, 0.5) is 0 Å². The van der Waals surface area contributed by atoms with Crippen LogP contribution in [0.25, 0.3) is 0 Å². The van der Waals surface area contributed by atoms with E-state index in [1.165, 1.54) is 0 Å². The molecule has 0 fully saturated rings. The first-order chi connectivity index (χ1) is 8.02. The summed E-state index contributed by atoms with van der Waals surface area (Å²) in [4.78, 5) is 23.0. The average Bonchev–Trinajstić information content (AvgIpc) is 2.28. The van der Waals surface area contributed by atoms with Crippen LogP contribution in [0, 0.1) is 5.92 Å². The van der Waals surface area contributed by atoms with Gasteiger partial charge in [-0.1, -0.05) is 46.1 Å². The fraction of sp³-hybridized carbons (Fsp3) is 0.714. The van der Waals surface area contributed by atoms with Gasteiger partial charge in [-0.3, -0.25) is 4.79 Å². The molecule has 0 aliphatic carbocycles. The predicted octanol–water partition coefficient (Wildman–Crippen LogP) is 2.71. The Hall–Kier alpha value is -0.321. The molecule has 0 heterocycles. The van der Waals surface area contributed by atoms with Gasteiger partial charge in [0.25, 0.3) is 0 Å². The van der Waals surface area contributed by atoms with E-state index in [2.05, 4.69) is 20.4 Å². The Labute approximate surface area is 127 Å². The number of hydrogen-bond acceptors (Lipinski definition) is 3. The fourth-order valence-electron chi connectivity index (χ4n) is 1.54. The molecule has 0 unspecified atom stereocenters. The summed E-state index contributed by atoms with van der Waals surface area (Å²) in [5.41, 5.74) is 0.267. The van der Waals surface area contributed by atoms with Gasteiger partial charge in [0.15, 0.2) is 0 Å². The second-order valence-electron chi connectivity index (χ2n) is 4.47. The number of esters is 2. The summed E-state index contributed by atoms with van der Waals surface area (Å²) in [6.45, 7) is 9.18. The molecule has 0 N–H and O–H groups in total. The van der Waals surface area contributed by atoms with Gasteiger partial charge in [0.2, 0.25) is 0 Å². The van der Waals surface area contributed by atoms with Gasteiger partial charge in [-0.25, -0.2) is 4.79 Å². The summed E-state index contributed by atoms with van der Waals surface area (Å²) in [5, 5.41) is 0. The third-order valence-electron chi connectivity index (χ3n) is 2.69. The van der Waals surface area contributed by atoms with Crippen molar-refractivity contribution in [2.75, 3.05) is 0 Å². The minimum atomic E-state index is -0.604. The van der Waals surface area contributed by atoms with Crippen LogP contribution in [0.1, 0.15) is 59.3 Å². The van der Waals surface area contributed by atoms with Gasteiger partial charge < -0.3 is 4.74 Å². The summed E-state index contributed by atoms with van der Waals surface area (Å²) in [5.74, 6) is -1.13. The first-order valence-corrected chi connectivity index (χ1v) is 6.44. The number of ether oxygens (including phenoxy) is 1. The molecule has 3 nitrogen and oxygen atoms in total. The first kappa shape index (κ1) is 20.0. The van der Waals surface area contributed by atoms with Gasteiger partial charge in [-0.15, -0.1) is 0 Å². The van der Waals surface area contributed by atoms with Crippen LogP contribution in [0.5, 0.6) is 0 Å². The Morgan fingerprint density at radius 1 is 1.11 bits per heavy atom. The van der Waals surface area contributed by atoms with E-state index < -0.39 is 5.97 Å². The van der Waals surface area contributed by atoms with Crippen molar-refractivity contribution in [2.45, 2.75) is 59.3 Å². The van der Waals surface area contributed by atoms with Gasteiger partial charge in [0.05, 0.1) is 5.92 Å². The molecule has 0 aromatic carbocycles. The van der Waals surface area contributed by atoms with Gasteiger partial charge in [0.1, 0.15) is 0 Å². The zero-order chi connectivity index (χ0) is 13.3. The molecule has 0 aromatic rings. The maximum absolute atomic E-state index is 11.8. The molecule has 0 spiro atoms. The molecule has 0 saturated carbocycles. The van der Waals surface area contributed by atoms with Crippen molar-refractivity contribution in [3.8, 4) is 0 Å². The zero-order valence-corrected chi connectivity index (χ0v) is 16.0. The summed E-state index contributed by atoms with van der Waals surface area (Å²) in [6, 6.07) is 0. The van der Waals surface area contributed by atoms with Crippen LogP contribution < -0.4 is 0 Å². The van der Waals surface area contributed by atoms with E-state index in [1.54, 1.807) is 6.92 Å². The van der Waals surface area contributed by atoms with Crippen molar-refractivity contribution in [3.63, 3.8) is 0 Å². The van der Waals surface area contributed by atoms with E-state index in [0.717, 1.165) is 38.5 Å². The van der Waals surface area contributed by atoms with Crippen molar-refractivity contribution in [1.29, 1.82) is 0 Å². The van der Waals surface area contributed by atoms with Crippen LogP contribution in [-0.4, -0.2) is 35.8 Å². The fourth-order valence-corrected chi connectivity index (χ4v) is 1.54. The minimum absolute atomic E-state index is 0. The number of unbranched alkanes of at least 4 members (excludes halogenated alkanes) is 2. The molecule has 0 amide bonds. The standard InChI is InChI=1S/C14H24O3.Sn.2H/c1-5-7-9-12(10-8-6-2)14(16)17-13(15)11(3)4;;;/h12H,3,5-10H2,1-2,4H3;;;. The van der Waals surface area contributed by atoms with E-state index in [0.29, 0.717) is 0 Å². The van der Waals surface area contributed by atoms with Crippen LogP contribution in [0.3, 0.4) is 0 Å². The van der Waals surface area contributed by atoms with E-state index in [1.807, 2.05) is 0 Å². The van der Waals surface area contributed by atoms with E-state index in [-0.39, 0.29) is 41.4 Å². The molecule has 4 heteroatoms. The SMILES string of the molecule is C=C(C)C(=O)OC(=O)C(CCCC)CCCC.[SnH2]. The van der Waals surface area contributed by atoms with E-state index in [9.17, 15) is 9.59 Å². The van der Waals surface area contributed by atoms with E-state index >= 15 is 0 Å². The van der Waals surface area contributed by atoms with Gasteiger partial charge >= 0.3 is 35.8 Å². The average molecular weight is 361 g/mol. The van der Waals surface area contributed by atoms with Gasteiger partial charge in [-0.2, -0.15) is 0 Å². The van der Waals surface area contributed by atoms with Gasteiger partial charge in [-0.05, 0) is 19.8 Å². The molecule has 0 aliphatic heterocycles. The van der Waals surface area contributed by atoms with Crippen LogP contribution in [-0.2, 0) is 14.3 Å². The first-order valence-electron chi connectivity index (χ1n) is 6.44. The molecule has 0 bridgehead atoms. The number of hydrogen-bond donors (Lipinski definition) is 0. The molecule has 0 aliphatic rings. The molecule has 104 valence electrons. The summed E-state index contributed by atoms with van der Waals surface area (Å²) < 4.78 is 4.79. The molecule has 0 saturated heterocycles. The van der Waals surface area contributed by atoms with E-state index in [4.69, 9.17) is 4.74 Å². The molecule has 18 heavy (non-hydrogen) atoms. The molecular weight excluding hydrogens is 335 g/mol. The summed E-state index contributed by atoms with van der Waals surface area (Å²) in [6.07, 6.45) is 5.68. The van der Waals surface area contributed by atoms with Crippen molar-refractivity contribution in [2.24, 2.45) is 5.92 Å². The van der Waals surface area contributed by atoms with Gasteiger partial charge in [0, 0.05) is 5.57 Å². The van der Waals surface area contributed by atoms with Crippen molar-refractivity contribution in [3.05, 3.63) is 12.2 Å². The Kier molecular flexibility index (Phi) is 13.1. The Bertz CT molecular complexity index is 266. The number of rotatable bonds is 8. The third kappa shape index (κ3) is 8.72. The molecule has 0 atom stereocenters. The number of carbonyl (C=O) groups excluding carboxylic acids is 2. The monoisotopic (exact) mass is 362 g/mol. The topological polar surface area (TPSA) is 43.4 Å². The van der Waals surface area contributed by atoms with Crippen molar-refractivity contribution < 1.29 is 14.3 Å². The normalized spacial score (nSPS) is 9.78. The Balaban J connectivity index is 0. The molecule has 2 radical (unpaired) electrons. The molecule has 0 rings (SSSR count). The van der Waals surface area contributed by atoms with Crippen LogP contribution >= 0.6 is 0 Å². The second-order valence-corrected chi connectivity index (χ2v) is 4.47. The van der Waals surface area contributed by atoms with Crippen LogP contribution in [0.15, 0.2) is 12.2 Å². The number of carbonyl (C=O) groups is 2. The van der Waals surface area contributed by atoms with Crippen LogP contribution in [0.2, 0.25) is 0 Å². The summed E-state index contributed by atoms with van der Waals surface area (Å²) in [7, 11) is 0. The Morgan fingerprint density at radius 2 is 1.56 bits per heavy atom. The van der Waals surface area contributed by atoms with Crippen molar-refractivity contribution in [1.82, 2.24) is 0 Å². The molecule has 0 aromatic heterocycles. The summed E-state index contributed by atoms with van der Waals surface area (Å²) >= 11 is 0. The zero-order valence-electron chi connectivity index (χ0n) is 12.0. The molecular formula is C14H26O3Sn. The Morgan fingerprint density at radius 3 is 1.89 bits per heavy atom. The third-order valence-corrected chi connectivity index (χ3v) is 2.69. The van der Waals surface area contributed by atoms with Crippen molar-refractivity contribution >= 4 is 35.8 Å². The quantitative estimate of drug-likeness (QED) is 0.289. The maximum atomic E-state index is 11.8. The predicted molar refractivity (Wildman–Crippen MR) is 77.0 cm³/mol.